The van der Waals surface area contributed by atoms with Gasteiger partial charge in [-0.05, 0) is 50.1 Å². The van der Waals surface area contributed by atoms with E-state index in [0.29, 0.717) is 15.6 Å². The van der Waals surface area contributed by atoms with Crippen LogP contribution in [-0.4, -0.2) is 27.9 Å². The molecule has 2 aliphatic rings. The molecule has 2 amide bonds. The molecule has 0 aliphatic carbocycles. The topological polar surface area (TPSA) is 118 Å². The summed E-state index contributed by atoms with van der Waals surface area (Å²) in [5.41, 5.74) is -3.41. The number of carbonyl (C=O) groups excluding carboxylic acids is 2. The third-order valence-corrected chi connectivity index (χ3v) is 7.74. The zero-order valence-corrected chi connectivity index (χ0v) is 23.1. The molecule has 0 radical (unpaired) electrons. The lowest BCUT2D eigenvalue weighted by Gasteiger charge is -2.36. The number of hydrogen-bond donors (Lipinski definition) is 1. The Balaban J connectivity index is 1.88. The normalized spacial score (nSPS) is 23.8. The highest BCUT2D eigenvalue weighted by Crippen LogP contribution is 2.68. The first kappa shape index (κ1) is 26.6. The van der Waals surface area contributed by atoms with Gasteiger partial charge in [-0.1, -0.05) is 76.6 Å². The Bertz CT molecular complexity index is 1530. The lowest BCUT2D eigenvalue weighted by atomic mass is 9.63. The van der Waals surface area contributed by atoms with Crippen LogP contribution in [0.4, 0.5) is 10.5 Å². The minimum absolute atomic E-state index is 0.205. The molecule has 8 nitrogen and oxygen atoms in total. The Morgan fingerprint density at radius 1 is 0.974 bits per heavy atom. The highest BCUT2D eigenvalue weighted by Gasteiger charge is 2.76. The summed E-state index contributed by atoms with van der Waals surface area (Å²) in [6.07, 6.45) is -0.921. The van der Waals surface area contributed by atoms with Crippen LogP contribution in [0.15, 0.2) is 83.3 Å². The maximum absolute atomic E-state index is 14.7. The van der Waals surface area contributed by atoms with Gasteiger partial charge in [-0.3, -0.25) is 4.79 Å². The van der Waals surface area contributed by atoms with Gasteiger partial charge < -0.3 is 9.94 Å². The van der Waals surface area contributed by atoms with E-state index in [1.807, 2.05) is 0 Å². The number of imide groups is 1. The van der Waals surface area contributed by atoms with Crippen LogP contribution in [0.3, 0.4) is 0 Å². The molecule has 0 bridgehead atoms. The van der Waals surface area contributed by atoms with Crippen LogP contribution >= 0.6 is 15.9 Å². The van der Waals surface area contributed by atoms with E-state index in [2.05, 4.69) is 28.1 Å². The highest BCUT2D eigenvalue weighted by molar-refractivity contribution is 9.10. The average molecular weight is 585 g/mol. The molecule has 1 saturated heterocycles. The molecule has 39 heavy (non-hydrogen) atoms. The van der Waals surface area contributed by atoms with Crippen LogP contribution in [0.2, 0.25) is 0 Å². The van der Waals surface area contributed by atoms with Crippen molar-refractivity contribution in [1.82, 2.24) is 5.06 Å². The van der Waals surface area contributed by atoms with Crippen LogP contribution < -0.4 is 4.90 Å². The number of carbonyl (C=O) groups is 2. The second-order valence-electron chi connectivity index (χ2n) is 10.6. The fourth-order valence-electron chi connectivity index (χ4n) is 5.87. The molecule has 2 heterocycles. The van der Waals surface area contributed by atoms with Crippen molar-refractivity contribution in [2.45, 2.75) is 43.9 Å². The van der Waals surface area contributed by atoms with Gasteiger partial charge in [-0.2, -0.15) is 15.6 Å². The Hall–Kier alpha value is -4.02. The van der Waals surface area contributed by atoms with E-state index in [9.17, 15) is 25.3 Å². The second-order valence-corrected chi connectivity index (χ2v) is 11.6. The first-order valence-electron chi connectivity index (χ1n) is 12.3. The largest absolute Gasteiger partial charge is 0.443 e. The number of fused-ring (bicyclic) bond motifs is 2. The number of anilines is 1. The molecule has 9 heteroatoms. The molecule has 3 atom stereocenters. The average Bonchev–Trinajstić information content (AvgIpc) is 3.30. The molecule has 3 aromatic rings. The van der Waals surface area contributed by atoms with Crippen molar-refractivity contribution in [2.24, 2.45) is 5.41 Å². The minimum Gasteiger partial charge on any atom is -0.443 e. The number of hydrogen-bond acceptors (Lipinski definition) is 7. The number of nitrogens with zero attached hydrogens (tertiary/aromatic N) is 4. The SMILES string of the molecule is CC(C)(C)OC(=O)N1C(=O)[C@]2(c3cc(Br)ccc31)[C@H](c1ccccc1)C(C#N)(C#N)[C@@H](c1ccccc1)N2O. The smallest absolute Gasteiger partial charge is 0.421 e. The third kappa shape index (κ3) is 3.77. The fraction of sp³-hybridized carbons (Fsp3) is 0.267. The maximum Gasteiger partial charge on any atom is 0.421 e. The van der Waals surface area contributed by atoms with Crippen LogP contribution in [0, 0.1) is 28.1 Å². The summed E-state index contributed by atoms with van der Waals surface area (Å²) in [5, 5.41) is 34.4. The Morgan fingerprint density at radius 3 is 2.08 bits per heavy atom. The second kappa shape index (κ2) is 9.32. The number of nitriles is 2. The van der Waals surface area contributed by atoms with E-state index >= 15 is 0 Å². The fourth-order valence-corrected chi connectivity index (χ4v) is 6.24. The molecule has 1 spiro atoms. The number of benzene rings is 3. The van der Waals surface area contributed by atoms with Gasteiger partial charge in [0.15, 0.2) is 11.0 Å². The molecule has 1 fully saturated rings. The van der Waals surface area contributed by atoms with Crippen LogP contribution in [0.5, 0.6) is 0 Å². The highest BCUT2D eigenvalue weighted by atomic mass is 79.9. The standard InChI is InChI=1S/C30H25BrN4O4/c1-28(2,3)39-27(37)34-23-15-14-21(31)16-22(23)30(26(34)36)24(19-10-6-4-7-11-19)29(17-32,18-33)25(35(30)38)20-12-8-5-9-13-20/h4-16,24-25,38H,1-3H3/t24-,25-,30+/m1/s1. The number of hydroxylamine groups is 2. The van der Waals surface area contributed by atoms with Crippen LogP contribution in [0.25, 0.3) is 0 Å². The minimum atomic E-state index is -2.01. The summed E-state index contributed by atoms with van der Waals surface area (Å²) < 4.78 is 6.18. The Morgan fingerprint density at radius 2 is 1.54 bits per heavy atom. The van der Waals surface area contributed by atoms with Gasteiger partial charge in [0.25, 0.3) is 5.91 Å². The zero-order valence-electron chi connectivity index (χ0n) is 21.5. The first-order valence-corrected chi connectivity index (χ1v) is 13.1. The van der Waals surface area contributed by atoms with Crippen molar-refractivity contribution < 1.29 is 19.5 Å². The summed E-state index contributed by atoms with van der Waals surface area (Å²) in [4.78, 5) is 29.1. The molecular formula is C30H25BrN4O4. The summed E-state index contributed by atoms with van der Waals surface area (Å²) in [6, 6.07) is 25.4. The van der Waals surface area contributed by atoms with Gasteiger partial charge in [-0.25, -0.2) is 9.69 Å². The number of halogens is 1. The summed E-state index contributed by atoms with van der Waals surface area (Å²) >= 11 is 3.46. The van der Waals surface area contributed by atoms with Gasteiger partial charge in [0.2, 0.25) is 0 Å². The molecule has 0 aromatic heterocycles. The predicted octanol–water partition coefficient (Wildman–Crippen LogP) is 6.19. The monoisotopic (exact) mass is 584 g/mol. The molecule has 0 saturated carbocycles. The van der Waals surface area contributed by atoms with E-state index in [4.69, 9.17) is 4.74 Å². The van der Waals surface area contributed by atoms with Gasteiger partial charge in [0.05, 0.1) is 29.8 Å². The van der Waals surface area contributed by atoms with Gasteiger partial charge >= 0.3 is 6.09 Å². The Kier molecular flexibility index (Phi) is 6.35. The summed E-state index contributed by atoms with van der Waals surface area (Å²) in [5.74, 6) is -2.00. The van der Waals surface area contributed by atoms with Crippen molar-refractivity contribution >= 4 is 33.6 Å². The third-order valence-electron chi connectivity index (χ3n) is 7.24. The van der Waals surface area contributed by atoms with E-state index in [-0.39, 0.29) is 11.3 Å². The first-order chi connectivity index (χ1) is 18.5. The Labute approximate surface area is 234 Å². The van der Waals surface area contributed by atoms with E-state index in [0.717, 1.165) is 9.96 Å². The molecule has 0 unspecified atom stereocenters. The lowest BCUT2D eigenvalue weighted by molar-refractivity contribution is -0.189. The van der Waals surface area contributed by atoms with E-state index in [1.54, 1.807) is 99.6 Å². The number of ether oxygens (including phenoxy) is 1. The van der Waals surface area contributed by atoms with Gasteiger partial charge in [0, 0.05) is 10.0 Å². The number of amides is 2. The van der Waals surface area contributed by atoms with Gasteiger partial charge in [0.1, 0.15) is 5.60 Å². The van der Waals surface area contributed by atoms with Crippen molar-refractivity contribution in [3.05, 3.63) is 100 Å². The van der Waals surface area contributed by atoms with Crippen molar-refractivity contribution in [3.63, 3.8) is 0 Å². The molecule has 5 rings (SSSR count). The molecular weight excluding hydrogens is 560 g/mol. The number of rotatable bonds is 2. The lowest BCUT2D eigenvalue weighted by Crippen LogP contribution is -2.53. The molecule has 2 aliphatic heterocycles. The van der Waals surface area contributed by atoms with Crippen LogP contribution in [-0.2, 0) is 15.1 Å². The van der Waals surface area contributed by atoms with Crippen molar-refractivity contribution in [1.29, 1.82) is 10.5 Å². The van der Waals surface area contributed by atoms with E-state index < -0.39 is 40.5 Å². The summed E-state index contributed by atoms with van der Waals surface area (Å²) in [7, 11) is 0. The maximum atomic E-state index is 14.7. The quantitative estimate of drug-likeness (QED) is 0.381. The predicted molar refractivity (Wildman–Crippen MR) is 145 cm³/mol. The molecule has 1 N–H and O–H groups in total. The van der Waals surface area contributed by atoms with Crippen molar-refractivity contribution in [3.8, 4) is 12.1 Å². The molecule has 196 valence electrons. The summed E-state index contributed by atoms with van der Waals surface area (Å²) in [6.45, 7) is 5.06. The molecule has 3 aromatic carbocycles. The van der Waals surface area contributed by atoms with Crippen LogP contribution in [0.1, 0.15) is 49.4 Å². The van der Waals surface area contributed by atoms with E-state index in [1.165, 1.54) is 0 Å². The van der Waals surface area contributed by atoms with Gasteiger partial charge in [-0.15, -0.1) is 0 Å². The van der Waals surface area contributed by atoms with Crippen molar-refractivity contribution in [2.75, 3.05) is 4.90 Å². The zero-order chi connectivity index (χ0) is 28.2.